The van der Waals surface area contributed by atoms with Crippen molar-refractivity contribution in [3.05, 3.63) is 0 Å². The van der Waals surface area contributed by atoms with Crippen LogP contribution in [0.5, 0.6) is 0 Å². The van der Waals surface area contributed by atoms with Gasteiger partial charge in [-0.05, 0) is 79.4 Å². The first-order valence-corrected chi connectivity index (χ1v) is 11.5. The number of rotatable bonds is 4. The predicted molar refractivity (Wildman–Crippen MR) is 105 cm³/mol. The summed E-state index contributed by atoms with van der Waals surface area (Å²) in [7, 11) is 0. The Kier molecular flexibility index (Phi) is 5.20. The predicted octanol–water partition coefficient (Wildman–Crippen LogP) is 2.53. The van der Waals surface area contributed by atoms with Crippen molar-refractivity contribution in [2.45, 2.75) is 84.7 Å². The highest BCUT2D eigenvalue weighted by Gasteiger charge is 2.65. The van der Waals surface area contributed by atoms with E-state index in [9.17, 15) is 24.6 Å². The first kappa shape index (κ1) is 21.0. The summed E-state index contributed by atoms with van der Waals surface area (Å²) < 4.78 is 0. The lowest BCUT2D eigenvalue weighted by atomic mass is 9.43. The molecule has 4 fully saturated rings. The molecule has 1 N–H and O–H groups in total. The van der Waals surface area contributed by atoms with E-state index in [4.69, 9.17) is 0 Å². The Labute approximate surface area is 173 Å². The fourth-order valence-corrected chi connectivity index (χ4v) is 8.22. The molecule has 0 aliphatic heterocycles. The summed E-state index contributed by atoms with van der Waals surface area (Å²) in [5.74, 6) is 0.528. The lowest BCUT2D eigenvalue weighted by Gasteiger charge is -2.61. The van der Waals surface area contributed by atoms with Gasteiger partial charge >= 0.3 is 0 Å². The first-order valence-electron chi connectivity index (χ1n) is 11.5. The van der Waals surface area contributed by atoms with Crippen LogP contribution in [0.3, 0.4) is 0 Å². The average molecular weight is 404 g/mol. The number of Topliss-reactive ketones (excluding diaryl/α,β-unsaturated/α-hetero) is 2. The van der Waals surface area contributed by atoms with Gasteiger partial charge < -0.3 is 15.0 Å². The molecule has 0 unspecified atom stereocenters. The zero-order chi connectivity index (χ0) is 21.1. The standard InChI is InChI=1S/C24H36O5/c1-13(4-7-21(28)29)16-5-6-17-22-18(12-20(27)24(16,17)3)23(2)9-8-15(25)10-14(23)11-19(22)26/h13-14,16-19,22,26H,4-12H2,1-3H3,(H,28,29)/p-1/t13-,14+,16-,17+,18+,19-,22+,23+,24-/m1/s1. The van der Waals surface area contributed by atoms with Crippen LogP contribution in [0.2, 0.25) is 0 Å². The van der Waals surface area contributed by atoms with Gasteiger partial charge in [-0.15, -0.1) is 0 Å². The van der Waals surface area contributed by atoms with E-state index in [1.807, 2.05) is 0 Å². The van der Waals surface area contributed by atoms with Crippen LogP contribution in [0.4, 0.5) is 0 Å². The van der Waals surface area contributed by atoms with Crippen molar-refractivity contribution in [1.29, 1.82) is 0 Å². The van der Waals surface area contributed by atoms with Gasteiger partial charge in [0.2, 0.25) is 0 Å². The Hall–Kier alpha value is -1.23. The number of aliphatic hydroxyl groups excluding tert-OH is 1. The van der Waals surface area contributed by atoms with Crippen LogP contribution < -0.4 is 5.11 Å². The molecule has 0 spiro atoms. The van der Waals surface area contributed by atoms with Gasteiger partial charge in [-0.25, -0.2) is 0 Å². The SMILES string of the molecule is C[C@H](CCC(=O)[O-])[C@H]1CC[C@H]2[C@@H]3[C@H](O)C[C@@H]4CC(=O)CC[C@]4(C)[C@H]3CC(=O)[C@]12C. The van der Waals surface area contributed by atoms with Crippen molar-refractivity contribution in [1.82, 2.24) is 0 Å². The van der Waals surface area contributed by atoms with Gasteiger partial charge in [-0.3, -0.25) is 9.59 Å². The fourth-order valence-electron chi connectivity index (χ4n) is 8.22. The Bertz CT molecular complexity index is 716. The van der Waals surface area contributed by atoms with E-state index in [0.29, 0.717) is 43.7 Å². The third kappa shape index (κ3) is 3.10. The summed E-state index contributed by atoms with van der Waals surface area (Å²) in [6.45, 7) is 6.43. The third-order valence-electron chi connectivity index (χ3n) is 9.92. The van der Waals surface area contributed by atoms with Gasteiger partial charge in [0, 0.05) is 30.6 Å². The number of fused-ring (bicyclic) bond motifs is 5. The largest absolute Gasteiger partial charge is 0.550 e. The van der Waals surface area contributed by atoms with Gasteiger partial charge in [0.15, 0.2) is 0 Å². The molecule has 162 valence electrons. The van der Waals surface area contributed by atoms with Gasteiger partial charge in [-0.2, -0.15) is 0 Å². The summed E-state index contributed by atoms with van der Waals surface area (Å²) in [6.07, 6.45) is 5.16. The fraction of sp³-hybridized carbons (Fsp3) is 0.875. The number of carbonyl (C=O) groups excluding carboxylic acids is 3. The van der Waals surface area contributed by atoms with Crippen molar-refractivity contribution in [3.63, 3.8) is 0 Å². The second kappa shape index (κ2) is 7.18. The van der Waals surface area contributed by atoms with E-state index in [-0.39, 0.29) is 47.3 Å². The summed E-state index contributed by atoms with van der Waals surface area (Å²) in [4.78, 5) is 36.6. The molecule has 5 nitrogen and oxygen atoms in total. The molecule has 0 aromatic carbocycles. The third-order valence-corrected chi connectivity index (χ3v) is 9.92. The number of carboxylic acid groups (broad SMARTS) is 1. The Morgan fingerprint density at radius 2 is 1.93 bits per heavy atom. The average Bonchev–Trinajstić information content (AvgIpc) is 3.01. The summed E-state index contributed by atoms with van der Waals surface area (Å²) in [5.41, 5.74) is -0.505. The van der Waals surface area contributed by atoms with Crippen molar-refractivity contribution in [3.8, 4) is 0 Å². The van der Waals surface area contributed by atoms with Crippen LogP contribution in [0, 0.1) is 46.3 Å². The van der Waals surface area contributed by atoms with Gasteiger partial charge in [0.05, 0.1) is 6.10 Å². The first-order chi connectivity index (χ1) is 13.6. The molecular weight excluding hydrogens is 368 g/mol. The molecule has 9 atom stereocenters. The van der Waals surface area contributed by atoms with E-state index in [1.165, 1.54) is 0 Å². The quantitative estimate of drug-likeness (QED) is 0.778. The number of aliphatic carboxylic acids is 1. The molecule has 0 amide bonds. The molecule has 0 bridgehead atoms. The Morgan fingerprint density at radius 1 is 1.21 bits per heavy atom. The lowest BCUT2D eigenvalue weighted by molar-refractivity contribution is -0.306. The molecule has 0 aromatic rings. The van der Waals surface area contributed by atoms with Crippen molar-refractivity contribution >= 4 is 17.5 Å². The van der Waals surface area contributed by atoms with Crippen LogP contribution in [0.15, 0.2) is 0 Å². The molecule has 4 aliphatic carbocycles. The normalized spacial score (nSPS) is 47.9. The molecule has 5 heteroatoms. The number of ketones is 2. The highest BCUT2D eigenvalue weighted by Crippen LogP contribution is 2.67. The zero-order valence-electron chi connectivity index (χ0n) is 18.0. The van der Waals surface area contributed by atoms with E-state index in [1.54, 1.807) is 0 Å². The van der Waals surface area contributed by atoms with Crippen LogP contribution in [-0.4, -0.2) is 28.7 Å². The number of hydrogen-bond acceptors (Lipinski definition) is 5. The van der Waals surface area contributed by atoms with Crippen molar-refractivity contribution in [2.75, 3.05) is 0 Å². The lowest BCUT2D eigenvalue weighted by Crippen LogP contribution is -2.61. The van der Waals surface area contributed by atoms with Gasteiger partial charge in [0.1, 0.15) is 11.6 Å². The molecule has 0 radical (unpaired) electrons. The summed E-state index contributed by atoms with van der Waals surface area (Å²) in [6, 6.07) is 0. The molecule has 29 heavy (non-hydrogen) atoms. The highest BCUT2D eigenvalue weighted by molar-refractivity contribution is 5.87. The maximum Gasteiger partial charge on any atom is 0.139 e. The van der Waals surface area contributed by atoms with Crippen LogP contribution in [0.25, 0.3) is 0 Å². The van der Waals surface area contributed by atoms with E-state index in [0.717, 1.165) is 19.3 Å². The minimum absolute atomic E-state index is 0.0342. The van der Waals surface area contributed by atoms with E-state index < -0.39 is 17.5 Å². The second-order valence-electron chi connectivity index (χ2n) is 11.0. The molecule has 4 rings (SSSR count). The number of aliphatic hydroxyl groups is 1. The number of carbonyl (C=O) groups is 3. The second-order valence-corrected chi connectivity index (χ2v) is 11.0. The summed E-state index contributed by atoms with van der Waals surface area (Å²) >= 11 is 0. The smallest absolute Gasteiger partial charge is 0.139 e. The molecule has 0 saturated heterocycles. The monoisotopic (exact) mass is 403 g/mol. The Balaban J connectivity index is 1.62. The molecule has 4 aliphatic rings. The molecule has 0 heterocycles. The van der Waals surface area contributed by atoms with E-state index >= 15 is 0 Å². The topological polar surface area (TPSA) is 94.5 Å². The van der Waals surface area contributed by atoms with Gasteiger partial charge in [0.25, 0.3) is 0 Å². The van der Waals surface area contributed by atoms with Crippen molar-refractivity contribution in [2.24, 2.45) is 46.3 Å². The van der Waals surface area contributed by atoms with Crippen LogP contribution in [-0.2, 0) is 14.4 Å². The van der Waals surface area contributed by atoms with Crippen LogP contribution in [0.1, 0.15) is 78.6 Å². The minimum Gasteiger partial charge on any atom is -0.550 e. The number of hydrogen-bond donors (Lipinski definition) is 1. The zero-order valence-corrected chi connectivity index (χ0v) is 18.0. The van der Waals surface area contributed by atoms with Crippen LogP contribution >= 0.6 is 0 Å². The van der Waals surface area contributed by atoms with E-state index in [2.05, 4.69) is 20.8 Å². The minimum atomic E-state index is -1.03. The maximum absolute atomic E-state index is 13.6. The molecule has 0 aromatic heterocycles. The summed E-state index contributed by atoms with van der Waals surface area (Å²) in [5, 5.41) is 22.1. The van der Waals surface area contributed by atoms with Crippen molar-refractivity contribution < 1.29 is 24.6 Å². The molecular formula is C24H35O5-. The maximum atomic E-state index is 13.6. The number of carboxylic acids is 1. The Morgan fingerprint density at radius 3 is 2.62 bits per heavy atom. The molecule has 4 saturated carbocycles. The highest BCUT2D eigenvalue weighted by atomic mass is 16.4. The van der Waals surface area contributed by atoms with Gasteiger partial charge in [-0.1, -0.05) is 20.8 Å².